The van der Waals surface area contributed by atoms with Gasteiger partial charge < -0.3 is 18.0 Å². The van der Waals surface area contributed by atoms with Crippen molar-refractivity contribution in [3.05, 3.63) is 0 Å². The van der Waals surface area contributed by atoms with Crippen LogP contribution in [0.25, 0.3) is 0 Å². The van der Waals surface area contributed by atoms with Gasteiger partial charge in [-0.15, -0.1) is 0 Å². The van der Waals surface area contributed by atoms with E-state index in [0.29, 0.717) is 25.9 Å². The summed E-state index contributed by atoms with van der Waals surface area (Å²) in [7, 11) is -2.30. The first-order valence-corrected chi connectivity index (χ1v) is 8.60. The molecule has 104 valence electrons. The summed E-state index contributed by atoms with van der Waals surface area (Å²) in [4.78, 5) is 0. The molecule has 0 aliphatic carbocycles. The van der Waals surface area contributed by atoms with E-state index in [9.17, 15) is 0 Å². The second kappa shape index (κ2) is 10.0. The molecule has 1 aliphatic rings. The fraction of sp³-hybridized carbons (Fsp3) is 1.00. The summed E-state index contributed by atoms with van der Waals surface area (Å²) in [5.41, 5.74) is 0. The lowest BCUT2D eigenvalue weighted by Gasteiger charge is -2.27. The molecular weight excluding hydrogens is 236 g/mol. The topological polar surface area (TPSA) is 40.2 Å². The molecule has 1 aliphatic heterocycles. The number of hydrogen-bond donors (Lipinski definition) is 0. The Morgan fingerprint density at radius 1 is 1.00 bits per heavy atom. The van der Waals surface area contributed by atoms with Crippen molar-refractivity contribution in [2.24, 2.45) is 0 Å². The van der Waals surface area contributed by atoms with Crippen molar-refractivity contribution in [3.8, 4) is 0 Å². The van der Waals surface area contributed by atoms with E-state index in [-0.39, 0.29) is 0 Å². The Morgan fingerprint density at radius 2 is 1.35 bits per heavy atom. The van der Waals surface area contributed by atoms with E-state index in [1.807, 2.05) is 20.8 Å². The van der Waals surface area contributed by atoms with E-state index in [1.165, 1.54) is 0 Å². The van der Waals surface area contributed by atoms with Gasteiger partial charge in [0, 0.05) is 25.9 Å². The highest BCUT2D eigenvalue weighted by Gasteiger charge is 2.38. The van der Waals surface area contributed by atoms with Crippen LogP contribution in [0.1, 0.15) is 41.0 Å². The predicted molar refractivity (Wildman–Crippen MR) is 71.1 cm³/mol. The Morgan fingerprint density at radius 3 is 1.53 bits per heavy atom. The molecule has 17 heavy (non-hydrogen) atoms. The maximum absolute atomic E-state index is 5.65. The largest absolute Gasteiger partial charge is 0.500 e. The SMILES string of the molecule is CC1CO1.CCC[Si](OCC)(OCC)OCC. The smallest absolute Gasteiger partial charge is 0.374 e. The normalized spacial score (nSPS) is 18.5. The minimum Gasteiger partial charge on any atom is -0.374 e. The molecular formula is C12H28O4Si. The molecule has 0 aromatic rings. The summed E-state index contributed by atoms with van der Waals surface area (Å²) in [6.45, 7) is 13.1. The quantitative estimate of drug-likeness (QED) is 0.499. The van der Waals surface area contributed by atoms with Gasteiger partial charge in [0.1, 0.15) is 0 Å². The highest BCUT2D eigenvalue weighted by Crippen LogP contribution is 2.17. The third-order valence-corrected chi connectivity index (χ3v) is 5.45. The van der Waals surface area contributed by atoms with Crippen LogP contribution < -0.4 is 0 Å². The molecule has 5 heteroatoms. The van der Waals surface area contributed by atoms with Crippen LogP contribution in [0.2, 0.25) is 6.04 Å². The number of epoxide rings is 1. The molecule has 0 aromatic carbocycles. The Balaban J connectivity index is 0.000000529. The maximum Gasteiger partial charge on any atom is 0.500 e. The molecule has 0 aromatic heterocycles. The van der Waals surface area contributed by atoms with Crippen LogP contribution in [0.15, 0.2) is 0 Å². The van der Waals surface area contributed by atoms with Gasteiger partial charge in [-0.05, 0) is 27.7 Å². The zero-order valence-electron chi connectivity index (χ0n) is 12.0. The summed E-state index contributed by atoms with van der Waals surface area (Å²) in [6.07, 6.45) is 1.63. The molecule has 4 nitrogen and oxygen atoms in total. The lowest BCUT2D eigenvalue weighted by molar-refractivity contribution is 0.0712. The average Bonchev–Trinajstić information content (AvgIpc) is 3.03. The first-order valence-electron chi connectivity index (χ1n) is 6.67. The van der Waals surface area contributed by atoms with Crippen LogP contribution in [0, 0.1) is 0 Å². The highest BCUT2D eigenvalue weighted by atomic mass is 28.4. The highest BCUT2D eigenvalue weighted by molar-refractivity contribution is 6.60. The van der Waals surface area contributed by atoms with E-state index >= 15 is 0 Å². The van der Waals surface area contributed by atoms with E-state index < -0.39 is 8.80 Å². The van der Waals surface area contributed by atoms with Gasteiger partial charge in [-0.3, -0.25) is 0 Å². The lowest BCUT2D eigenvalue weighted by atomic mass is 10.6. The average molecular weight is 264 g/mol. The van der Waals surface area contributed by atoms with E-state index in [2.05, 4.69) is 13.8 Å². The molecule has 0 spiro atoms. The summed E-state index contributed by atoms with van der Waals surface area (Å²) in [6, 6.07) is 0.919. The van der Waals surface area contributed by atoms with Crippen molar-refractivity contribution in [1.82, 2.24) is 0 Å². The van der Waals surface area contributed by atoms with Crippen molar-refractivity contribution >= 4 is 8.80 Å². The van der Waals surface area contributed by atoms with Crippen molar-refractivity contribution in [3.63, 3.8) is 0 Å². The maximum atomic E-state index is 5.65. The molecule has 0 N–H and O–H groups in total. The third kappa shape index (κ3) is 8.74. The summed E-state index contributed by atoms with van der Waals surface area (Å²) in [5, 5.41) is 0. The van der Waals surface area contributed by atoms with Crippen molar-refractivity contribution in [2.45, 2.75) is 53.2 Å². The number of rotatable bonds is 8. The molecule has 1 unspecified atom stereocenters. The Hall–Kier alpha value is 0.0569. The fourth-order valence-electron chi connectivity index (χ4n) is 1.40. The van der Waals surface area contributed by atoms with Crippen LogP contribution in [0.3, 0.4) is 0 Å². The summed E-state index contributed by atoms with van der Waals surface area (Å²) in [5.74, 6) is 0. The summed E-state index contributed by atoms with van der Waals surface area (Å²) < 4.78 is 21.6. The van der Waals surface area contributed by atoms with Crippen LogP contribution in [0.5, 0.6) is 0 Å². The van der Waals surface area contributed by atoms with Gasteiger partial charge in [-0.2, -0.15) is 0 Å². The first kappa shape index (κ1) is 17.1. The minimum atomic E-state index is -2.30. The second-order valence-corrected chi connectivity index (χ2v) is 6.61. The van der Waals surface area contributed by atoms with Crippen LogP contribution in [-0.2, 0) is 18.0 Å². The lowest BCUT2D eigenvalue weighted by Crippen LogP contribution is -2.45. The first-order chi connectivity index (χ1) is 8.14. The Labute approximate surface area is 107 Å². The van der Waals surface area contributed by atoms with E-state index in [4.69, 9.17) is 18.0 Å². The predicted octanol–water partition coefficient (Wildman–Crippen LogP) is 2.85. The van der Waals surface area contributed by atoms with Gasteiger partial charge in [0.2, 0.25) is 0 Å². The molecule has 1 saturated heterocycles. The third-order valence-electron chi connectivity index (χ3n) is 2.15. The van der Waals surface area contributed by atoms with Gasteiger partial charge in [-0.25, -0.2) is 0 Å². The van der Waals surface area contributed by atoms with Crippen molar-refractivity contribution in [2.75, 3.05) is 26.4 Å². The Kier molecular flexibility index (Phi) is 10.1. The molecule has 0 amide bonds. The molecule has 0 saturated carbocycles. The zero-order chi connectivity index (χ0) is 13.1. The molecule has 0 radical (unpaired) electrons. The second-order valence-electron chi connectivity index (χ2n) is 3.88. The van der Waals surface area contributed by atoms with Gasteiger partial charge in [-0.1, -0.05) is 13.3 Å². The van der Waals surface area contributed by atoms with Gasteiger partial charge >= 0.3 is 8.80 Å². The monoisotopic (exact) mass is 264 g/mol. The molecule has 1 fully saturated rings. The molecule has 1 rings (SSSR count). The standard InChI is InChI=1S/C9H22O3Si.C3H6O/c1-5-9-13(10-6-2,11-7-3)12-8-4;1-3-2-4-3/h5-9H2,1-4H3;3H,2H2,1H3. The van der Waals surface area contributed by atoms with Gasteiger partial charge in [0.15, 0.2) is 0 Å². The van der Waals surface area contributed by atoms with Crippen molar-refractivity contribution < 1.29 is 18.0 Å². The van der Waals surface area contributed by atoms with Crippen LogP contribution in [-0.4, -0.2) is 41.3 Å². The molecule has 1 heterocycles. The fourth-order valence-corrected chi connectivity index (χ4v) is 4.02. The van der Waals surface area contributed by atoms with Gasteiger partial charge in [0.05, 0.1) is 12.7 Å². The Bertz CT molecular complexity index is 144. The molecule has 1 atom stereocenters. The number of hydrogen-bond acceptors (Lipinski definition) is 4. The van der Waals surface area contributed by atoms with E-state index in [1.54, 1.807) is 0 Å². The number of ether oxygens (including phenoxy) is 1. The molecule has 0 bridgehead atoms. The van der Waals surface area contributed by atoms with Crippen molar-refractivity contribution in [1.29, 1.82) is 0 Å². The minimum absolute atomic E-state index is 0.583. The van der Waals surface area contributed by atoms with Crippen LogP contribution in [0.4, 0.5) is 0 Å². The van der Waals surface area contributed by atoms with Gasteiger partial charge in [0.25, 0.3) is 0 Å². The van der Waals surface area contributed by atoms with E-state index in [0.717, 1.165) is 19.1 Å². The summed E-state index contributed by atoms with van der Waals surface area (Å²) >= 11 is 0. The zero-order valence-corrected chi connectivity index (χ0v) is 13.0. The van der Waals surface area contributed by atoms with Crippen LogP contribution >= 0.6 is 0 Å².